The second-order valence-corrected chi connectivity index (χ2v) is 5.45. The van der Waals surface area contributed by atoms with Gasteiger partial charge in [0, 0.05) is 25.0 Å². The molecule has 0 aromatic rings. The van der Waals surface area contributed by atoms with Gasteiger partial charge in [0.05, 0.1) is 6.67 Å². The highest BCUT2D eigenvalue weighted by molar-refractivity contribution is 5.10. The Kier molecular flexibility index (Phi) is 8.13. The molecule has 1 aliphatic rings. The van der Waals surface area contributed by atoms with Gasteiger partial charge in [0.1, 0.15) is 0 Å². The van der Waals surface area contributed by atoms with Crippen LogP contribution in [0.15, 0.2) is 11.9 Å². The van der Waals surface area contributed by atoms with E-state index in [-0.39, 0.29) is 0 Å². The van der Waals surface area contributed by atoms with Crippen molar-refractivity contribution in [3.05, 3.63) is 11.9 Å². The summed E-state index contributed by atoms with van der Waals surface area (Å²) in [6, 6.07) is 0.685. The van der Waals surface area contributed by atoms with E-state index in [1.807, 2.05) is 13.8 Å². The molecule has 0 aromatic carbocycles. The van der Waals surface area contributed by atoms with Crippen LogP contribution >= 0.6 is 0 Å². The van der Waals surface area contributed by atoms with Gasteiger partial charge in [0.2, 0.25) is 0 Å². The number of rotatable bonds is 5. The van der Waals surface area contributed by atoms with Gasteiger partial charge in [-0.2, -0.15) is 0 Å². The standard InChI is InChI=1S/C14H28N2.C2H6/c1-7-12(5)14-9-15(6)10-16(14)13(8-2)11(3)4;1-2/h9,11-13H,7-8,10H2,1-6H3;1-2H3. The lowest BCUT2D eigenvalue weighted by Gasteiger charge is -2.36. The summed E-state index contributed by atoms with van der Waals surface area (Å²) in [7, 11) is 2.18. The van der Waals surface area contributed by atoms with E-state index in [0.717, 1.165) is 12.6 Å². The minimum absolute atomic E-state index is 0.678. The molecule has 0 aromatic heterocycles. The fourth-order valence-electron chi connectivity index (χ4n) is 2.63. The van der Waals surface area contributed by atoms with Crippen molar-refractivity contribution in [2.45, 2.75) is 67.3 Å². The fraction of sp³-hybridized carbons (Fsp3) is 0.875. The minimum atomic E-state index is 0.678. The van der Waals surface area contributed by atoms with Crippen LogP contribution in [0.25, 0.3) is 0 Å². The molecule has 0 aliphatic carbocycles. The predicted octanol–water partition coefficient (Wildman–Crippen LogP) is 4.54. The molecule has 108 valence electrons. The van der Waals surface area contributed by atoms with Gasteiger partial charge < -0.3 is 9.80 Å². The van der Waals surface area contributed by atoms with E-state index in [1.165, 1.54) is 18.5 Å². The Labute approximate surface area is 115 Å². The van der Waals surface area contributed by atoms with Gasteiger partial charge in [0.25, 0.3) is 0 Å². The molecule has 18 heavy (non-hydrogen) atoms. The second-order valence-electron chi connectivity index (χ2n) is 5.45. The molecule has 0 spiro atoms. The average Bonchev–Trinajstić information content (AvgIpc) is 2.73. The van der Waals surface area contributed by atoms with Gasteiger partial charge in [-0.05, 0) is 24.7 Å². The SMILES string of the molecule is CC.CCC(C)C1=CN(C)CN1C(CC)C(C)C. The highest BCUT2D eigenvalue weighted by Gasteiger charge is 2.29. The van der Waals surface area contributed by atoms with E-state index in [4.69, 9.17) is 0 Å². The Hall–Kier alpha value is -0.660. The number of nitrogens with zero attached hydrogens (tertiary/aromatic N) is 2. The van der Waals surface area contributed by atoms with Gasteiger partial charge in [-0.15, -0.1) is 0 Å². The van der Waals surface area contributed by atoms with Crippen molar-refractivity contribution in [1.29, 1.82) is 0 Å². The van der Waals surface area contributed by atoms with Crippen molar-refractivity contribution >= 4 is 0 Å². The van der Waals surface area contributed by atoms with Crippen LogP contribution in [0.4, 0.5) is 0 Å². The van der Waals surface area contributed by atoms with Crippen molar-refractivity contribution in [3.8, 4) is 0 Å². The molecule has 1 aliphatic heterocycles. The maximum absolute atomic E-state index is 2.61. The summed E-state index contributed by atoms with van der Waals surface area (Å²) in [5, 5.41) is 0. The summed E-state index contributed by atoms with van der Waals surface area (Å²) in [5.41, 5.74) is 1.53. The Morgan fingerprint density at radius 3 is 2.06 bits per heavy atom. The van der Waals surface area contributed by atoms with Crippen LogP contribution in [0.3, 0.4) is 0 Å². The molecule has 2 unspecified atom stereocenters. The van der Waals surface area contributed by atoms with Crippen LogP contribution in [0.5, 0.6) is 0 Å². The van der Waals surface area contributed by atoms with Crippen molar-refractivity contribution in [3.63, 3.8) is 0 Å². The third-order valence-corrected chi connectivity index (χ3v) is 3.77. The highest BCUT2D eigenvalue weighted by Crippen LogP contribution is 2.30. The van der Waals surface area contributed by atoms with E-state index in [9.17, 15) is 0 Å². The minimum Gasteiger partial charge on any atom is -0.361 e. The molecule has 0 N–H and O–H groups in total. The first-order valence-electron chi connectivity index (χ1n) is 7.69. The van der Waals surface area contributed by atoms with Crippen LogP contribution in [-0.2, 0) is 0 Å². The largest absolute Gasteiger partial charge is 0.361 e. The Balaban J connectivity index is 0.00000137. The summed E-state index contributed by atoms with van der Waals surface area (Å²) in [4.78, 5) is 4.92. The molecule has 0 radical (unpaired) electrons. The number of allylic oxidation sites excluding steroid dienone is 1. The Morgan fingerprint density at radius 2 is 1.67 bits per heavy atom. The fourth-order valence-corrected chi connectivity index (χ4v) is 2.63. The third-order valence-electron chi connectivity index (χ3n) is 3.77. The summed E-state index contributed by atoms with van der Waals surface area (Å²) < 4.78 is 0. The number of hydrogen-bond acceptors (Lipinski definition) is 2. The van der Waals surface area contributed by atoms with Crippen LogP contribution in [-0.4, -0.2) is 29.6 Å². The molecule has 0 saturated carbocycles. The first kappa shape index (κ1) is 17.3. The van der Waals surface area contributed by atoms with Gasteiger partial charge in [-0.3, -0.25) is 0 Å². The monoisotopic (exact) mass is 254 g/mol. The molecule has 2 heteroatoms. The van der Waals surface area contributed by atoms with Crippen LogP contribution < -0.4 is 0 Å². The zero-order valence-electron chi connectivity index (χ0n) is 13.8. The van der Waals surface area contributed by atoms with Crippen LogP contribution in [0, 0.1) is 11.8 Å². The first-order valence-corrected chi connectivity index (χ1v) is 7.69. The van der Waals surface area contributed by atoms with E-state index in [0.29, 0.717) is 12.0 Å². The van der Waals surface area contributed by atoms with Crippen molar-refractivity contribution < 1.29 is 0 Å². The Bertz CT molecular complexity index is 245. The smallest absolute Gasteiger partial charge is 0.0896 e. The van der Waals surface area contributed by atoms with Crippen LogP contribution in [0.2, 0.25) is 0 Å². The van der Waals surface area contributed by atoms with Crippen molar-refractivity contribution in [1.82, 2.24) is 9.80 Å². The molecule has 0 amide bonds. The number of hydrogen-bond donors (Lipinski definition) is 0. The molecule has 0 saturated heterocycles. The van der Waals surface area contributed by atoms with E-state index in [2.05, 4.69) is 57.7 Å². The molecule has 0 bridgehead atoms. The lowest BCUT2D eigenvalue weighted by molar-refractivity contribution is 0.158. The molecular formula is C16H34N2. The highest BCUT2D eigenvalue weighted by atomic mass is 15.4. The lowest BCUT2D eigenvalue weighted by atomic mass is 9.97. The topological polar surface area (TPSA) is 6.48 Å². The van der Waals surface area contributed by atoms with Crippen LogP contribution in [0.1, 0.15) is 61.3 Å². The van der Waals surface area contributed by atoms with E-state index >= 15 is 0 Å². The van der Waals surface area contributed by atoms with E-state index < -0.39 is 0 Å². The zero-order chi connectivity index (χ0) is 14.3. The molecule has 2 nitrogen and oxygen atoms in total. The maximum atomic E-state index is 2.61. The molecule has 1 rings (SSSR count). The lowest BCUT2D eigenvalue weighted by Crippen LogP contribution is -2.39. The quantitative estimate of drug-likeness (QED) is 0.710. The van der Waals surface area contributed by atoms with Gasteiger partial charge in [0.15, 0.2) is 0 Å². The predicted molar refractivity (Wildman–Crippen MR) is 82.3 cm³/mol. The summed E-state index contributed by atoms with van der Waals surface area (Å²) in [5.74, 6) is 1.40. The van der Waals surface area contributed by atoms with Gasteiger partial charge >= 0.3 is 0 Å². The summed E-state index contributed by atoms with van der Waals surface area (Å²) in [6.07, 6.45) is 4.79. The Morgan fingerprint density at radius 1 is 1.11 bits per heavy atom. The molecule has 0 fully saturated rings. The second kappa shape index (κ2) is 8.44. The summed E-state index contributed by atoms with van der Waals surface area (Å²) in [6.45, 7) is 16.7. The van der Waals surface area contributed by atoms with Gasteiger partial charge in [-0.25, -0.2) is 0 Å². The van der Waals surface area contributed by atoms with Crippen molar-refractivity contribution in [2.24, 2.45) is 11.8 Å². The molecule has 1 heterocycles. The normalized spacial score (nSPS) is 18.4. The van der Waals surface area contributed by atoms with Gasteiger partial charge in [-0.1, -0.05) is 48.5 Å². The summed E-state index contributed by atoms with van der Waals surface area (Å²) >= 11 is 0. The third kappa shape index (κ3) is 4.22. The maximum Gasteiger partial charge on any atom is 0.0896 e. The van der Waals surface area contributed by atoms with Crippen molar-refractivity contribution in [2.75, 3.05) is 13.7 Å². The first-order chi connectivity index (χ1) is 8.51. The molecule has 2 atom stereocenters. The van der Waals surface area contributed by atoms with E-state index in [1.54, 1.807) is 0 Å². The molecular weight excluding hydrogens is 220 g/mol. The average molecular weight is 254 g/mol. The zero-order valence-corrected chi connectivity index (χ0v) is 13.8.